The number of amides is 1. The number of ether oxygens (including phenoxy) is 1. The van der Waals surface area contributed by atoms with Crippen LogP contribution in [0.5, 0.6) is 5.75 Å². The predicted octanol–water partition coefficient (Wildman–Crippen LogP) is 4.31. The third-order valence-corrected chi connectivity index (χ3v) is 5.99. The molecule has 0 fully saturated rings. The highest BCUT2D eigenvalue weighted by atomic mass is 32.2. The molecule has 2 aromatic rings. The van der Waals surface area contributed by atoms with Crippen molar-refractivity contribution in [1.82, 2.24) is 0 Å². The Morgan fingerprint density at radius 3 is 2.38 bits per heavy atom. The van der Waals surface area contributed by atoms with E-state index in [1.807, 2.05) is 25.1 Å². The van der Waals surface area contributed by atoms with Gasteiger partial charge in [0.1, 0.15) is 11.8 Å². The molecule has 0 aliphatic carbocycles. The van der Waals surface area contributed by atoms with E-state index in [-0.39, 0.29) is 11.8 Å². The molecule has 1 atom stereocenters. The van der Waals surface area contributed by atoms with Crippen molar-refractivity contribution in [3.63, 3.8) is 0 Å². The number of anilines is 2. The number of aryl methyl sites for hydroxylation is 1. The van der Waals surface area contributed by atoms with Gasteiger partial charge in [-0.1, -0.05) is 45.0 Å². The number of carbonyl (C=O) groups is 1. The van der Waals surface area contributed by atoms with Crippen LogP contribution in [-0.4, -0.2) is 33.7 Å². The summed E-state index contributed by atoms with van der Waals surface area (Å²) in [5, 5.41) is 2.99. The molecule has 0 saturated carbocycles. The van der Waals surface area contributed by atoms with Crippen molar-refractivity contribution < 1.29 is 17.9 Å². The molecule has 29 heavy (non-hydrogen) atoms. The van der Waals surface area contributed by atoms with Crippen molar-refractivity contribution in [3.8, 4) is 5.75 Å². The smallest absolute Gasteiger partial charge is 0.248 e. The Morgan fingerprint density at radius 2 is 1.83 bits per heavy atom. The molecule has 1 unspecified atom stereocenters. The lowest BCUT2D eigenvalue weighted by atomic mass is 9.98. The summed E-state index contributed by atoms with van der Waals surface area (Å²) < 4.78 is 31.7. The highest BCUT2D eigenvalue weighted by Crippen LogP contribution is 2.30. The number of rotatable bonds is 8. The molecule has 2 aromatic carbocycles. The van der Waals surface area contributed by atoms with Crippen molar-refractivity contribution in [2.24, 2.45) is 0 Å². The Morgan fingerprint density at radius 1 is 1.17 bits per heavy atom. The van der Waals surface area contributed by atoms with E-state index in [0.29, 0.717) is 17.9 Å². The fourth-order valence-electron chi connectivity index (χ4n) is 3.36. The molecule has 0 saturated heterocycles. The summed E-state index contributed by atoms with van der Waals surface area (Å²) in [7, 11) is -2.20. The highest BCUT2D eigenvalue weighted by molar-refractivity contribution is 7.92. The second kappa shape index (κ2) is 9.31. The lowest BCUT2D eigenvalue weighted by Gasteiger charge is -2.31. The maximum absolute atomic E-state index is 13.2. The minimum absolute atomic E-state index is 0.217. The van der Waals surface area contributed by atoms with Crippen LogP contribution in [-0.2, 0) is 14.8 Å². The minimum atomic E-state index is -3.71. The minimum Gasteiger partial charge on any atom is -0.497 e. The monoisotopic (exact) mass is 418 g/mol. The number of para-hydroxylation sites is 1. The highest BCUT2D eigenvalue weighted by Gasteiger charge is 2.32. The molecule has 0 bridgehead atoms. The van der Waals surface area contributed by atoms with Gasteiger partial charge < -0.3 is 10.1 Å². The Labute approximate surface area is 173 Å². The molecule has 7 heteroatoms. The predicted molar refractivity (Wildman–Crippen MR) is 118 cm³/mol. The van der Waals surface area contributed by atoms with Crippen LogP contribution in [0.2, 0.25) is 0 Å². The summed E-state index contributed by atoms with van der Waals surface area (Å²) >= 11 is 0. The van der Waals surface area contributed by atoms with E-state index in [1.54, 1.807) is 31.2 Å². The van der Waals surface area contributed by atoms with Gasteiger partial charge in [0.15, 0.2) is 0 Å². The van der Waals surface area contributed by atoms with Crippen molar-refractivity contribution in [2.45, 2.75) is 46.1 Å². The quantitative estimate of drug-likeness (QED) is 0.693. The standard InChI is InChI=1S/C22H30N2O4S/c1-7-20(22(25)23-21-16(4)10-8-13-19(21)15(2)3)24(29(6,26)27)17-11-9-12-18(14-17)28-5/h8-15,20H,7H2,1-6H3,(H,23,25). The second-order valence-electron chi connectivity index (χ2n) is 7.37. The summed E-state index contributed by atoms with van der Waals surface area (Å²) in [6.45, 7) is 7.84. The Balaban J connectivity index is 2.47. The van der Waals surface area contributed by atoms with E-state index in [2.05, 4.69) is 19.2 Å². The maximum Gasteiger partial charge on any atom is 0.248 e. The molecule has 0 aliphatic rings. The van der Waals surface area contributed by atoms with Crippen LogP contribution in [0.3, 0.4) is 0 Å². The second-order valence-corrected chi connectivity index (χ2v) is 9.23. The lowest BCUT2D eigenvalue weighted by Crippen LogP contribution is -2.47. The van der Waals surface area contributed by atoms with Gasteiger partial charge in [-0.3, -0.25) is 9.10 Å². The van der Waals surface area contributed by atoms with E-state index in [9.17, 15) is 13.2 Å². The van der Waals surface area contributed by atoms with Crippen LogP contribution in [0.4, 0.5) is 11.4 Å². The normalized spacial score (nSPS) is 12.5. The van der Waals surface area contributed by atoms with Gasteiger partial charge in [-0.2, -0.15) is 0 Å². The molecule has 0 aromatic heterocycles. The Bertz CT molecular complexity index is 971. The number of nitrogens with zero attached hydrogens (tertiary/aromatic N) is 1. The first-order valence-electron chi connectivity index (χ1n) is 9.64. The van der Waals surface area contributed by atoms with Crippen LogP contribution in [0, 0.1) is 6.92 Å². The number of benzene rings is 2. The largest absolute Gasteiger partial charge is 0.497 e. The number of hydrogen-bond acceptors (Lipinski definition) is 4. The average molecular weight is 419 g/mol. The van der Waals surface area contributed by atoms with Crippen LogP contribution < -0.4 is 14.4 Å². The van der Waals surface area contributed by atoms with Gasteiger partial charge in [-0.05, 0) is 42.5 Å². The van der Waals surface area contributed by atoms with E-state index < -0.39 is 16.1 Å². The molecular formula is C22H30N2O4S. The number of nitrogens with one attached hydrogen (secondary N) is 1. The van der Waals surface area contributed by atoms with Gasteiger partial charge >= 0.3 is 0 Å². The van der Waals surface area contributed by atoms with Gasteiger partial charge in [0.2, 0.25) is 15.9 Å². The first-order valence-corrected chi connectivity index (χ1v) is 11.5. The summed E-state index contributed by atoms with van der Waals surface area (Å²) in [4.78, 5) is 13.2. The third-order valence-electron chi connectivity index (χ3n) is 4.81. The maximum atomic E-state index is 13.2. The number of sulfonamides is 1. The number of hydrogen-bond donors (Lipinski definition) is 1. The fourth-order valence-corrected chi connectivity index (χ4v) is 4.56. The molecule has 2 rings (SSSR count). The zero-order chi connectivity index (χ0) is 21.8. The van der Waals surface area contributed by atoms with Crippen molar-refractivity contribution >= 4 is 27.3 Å². The number of methoxy groups -OCH3 is 1. The van der Waals surface area contributed by atoms with Crippen LogP contribution in [0.25, 0.3) is 0 Å². The van der Waals surface area contributed by atoms with E-state index in [0.717, 1.165) is 27.4 Å². The molecule has 158 valence electrons. The topological polar surface area (TPSA) is 75.7 Å². The van der Waals surface area contributed by atoms with Crippen LogP contribution >= 0.6 is 0 Å². The van der Waals surface area contributed by atoms with E-state index >= 15 is 0 Å². The SMILES string of the molecule is CCC(C(=O)Nc1c(C)cccc1C(C)C)N(c1cccc(OC)c1)S(C)(=O)=O. The molecule has 1 N–H and O–H groups in total. The van der Waals surface area contributed by atoms with Gasteiger partial charge in [-0.25, -0.2) is 8.42 Å². The first-order chi connectivity index (χ1) is 13.6. The zero-order valence-corrected chi connectivity index (χ0v) is 18.7. The van der Waals surface area contributed by atoms with Gasteiger partial charge in [0.25, 0.3) is 0 Å². The van der Waals surface area contributed by atoms with Crippen LogP contribution in [0.15, 0.2) is 42.5 Å². The molecule has 0 aliphatic heterocycles. The molecule has 0 heterocycles. The molecule has 0 spiro atoms. The average Bonchev–Trinajstić information content (AvgIpc) is 2.66. The van der Waals surface area contributed by atoms with Crippen molar-refractivity contribution in [2.75, 3.05) is 23.0 Å². The summed E-state index contributed by atoms with van der Waals surface area (Å²) in [5.41, 5.74) is 3.08. The first kappa shape index (κ1) is 22.7. The van der Waals surface area contributed by atoms with Crippen molar-refractivity contribution in [3.05, 3.63) is 53.6 Å². The summed E-state index contributed by atoms with van der Waals surface area (Å²) in [5.74, 6) is 0.374. The van der Waals surface area contributed by atoms with Crippen molar-refractivity contribution in [1.29, 1.82) is 0 Å². The van der Waals surface area contributed by atoms with E-state index in [4.69, 9.17) is 4.74 Å². The Hall–Kier alpha value is -2.54. The van der Waals surface area contributed by atoms with E-state index in [1.165, 1.54) is 7.11 Å². The van der Waals surface area contributed by atoms with Gasteiger partial charge in [0.05, 0.1) is 19.1 Å². The molecule has 0 radical (unpaired) electrons. The Kier molecular flexibility index (Phi) is 7.30. The third kappa shape index (κ3) is 5.29. The lowest BCUT2D eigenvalue weighted by molar-refractivity contribution is -0.117. The molecular weight excluding hydrogens is 388 g/mol. The summed E-state index contributed by atoms with van der Waals surface area (Å²) in [6, 6.07) is 11.7. The van der Waals surface area contributed by atoms with Gasteiger partial charge in [0, 0.05) is 11.8 Å². The van der Waals surface area contributed by atoms with Gasteiger partial charge in [-0.15, -0.1) is 0 Å². The molecule has 1 amide bonds. The number of carbonyl (C=O) groups excluding carboxylic acids is 1. The summed E-state index contributed by atoms with van der Waals surface area (Å²) in [6.07, 6.45) is 1.43. The molecule has 6 nitrogen and oxygen atoms in total. The zero-order valence-electron chi connectivity index (χ0n) is 17.9. The van der Waals surface area contributed by atoms with Crippen LogP contribution in [0.1, 0.15) is 44.2 Å². The fraction of sp³-hybridized carbons (Fsp3) is 0.409.